The Balaban J connectivity index is 1.87. The Morgan fingerprint density at radius 2 is 1.37 bits per heavy atom. The number of rotatable bonds is 12. The maximum Gasteiger partial charge on any atom is 0.264 e. The van der Waals surface area contributed by atoms with Crippen LogP contribution in [-0.2, 0) is 32.6 Å². The molecule has 11 heteroatoms. The van der Waals surface area contributed by atoms with Gasteiger partial charge in [0.25, 0.3) is 10.0 Å². The second-order valence-electron chi connectivity index (χ2n) is 11.3. The number of sulfonamides is 1. The molecular weight excluding hydrogens is 665 g/mol. The molecule has 4 rings (SSSR count). The molecule has 0 bridgehead atoms. The second kappa shape index (κ2) is 15.4. The van der Waals surface area contributed by atoms with Gasteiger partial charge >= 0.3 is 0 Å². The number of hydrogen-bond acceptors (Lipinski definition) is 4. The van der Waals surface area contributed by atoms with E-state index in [1.807, 2.05) is 51.1 Å². The number of nitrogens with zero attached hydrogens (tertiary/aromatic N) is 2. The number of carbonyl (C=O) groups excluding carboxylic acids is 2. The highest BCUT2D eigenvalue weighted by atomic mass is 35.5. The summed E-state index contributed by atoms with van der Waals surface area (Å²) in [5.74, 6) is -1.03. The lowest BCUT2D eigenvalue weighted by Gasteiger charge is -2.35. The van der Waals surface area contributed by atoms with Crippen LogP contribution in [0, 0.1) is 13.8 Å². The summed E-state index contributed by atoms with van der Waals surface area (Å²) >= 11 is 19.6. The predicted molar refractivity (Wildman–Crippen MR) is 186 cm³/mol. The van der Waals surface area contributed by atoms with Crippen LogP contribution in [0.25, 0.3) is 0 Å². The third-order valence-electron chi connectivity index (χ3n) is 7.49. The Morgan fingerprint density at radius 3 is 1.98 bits per heavy atom. The van der Waals surface area contributed by atoms with Crippen molar-refractivity contribution in [1.29, 1.82) is 0 Å². The number of anilines is 1. The van der Waals surface area contributed by atoms with Crippen molar-refractivity contribution in [3.05, 3.63) is 128 Å². The molecule has 0 spiro atoms. The van der Waals surface area contributed by atoms with Crippen LogP contribution in [0.3, 0.4) is 0 Å². The van der Waals surface area contributed by atoms with E-state index >= 15 is 0 Å². The molecule has 46 heavy (non-hydrogen) atoms. The van der Waals surface area contributed by atoms with Gasteiger partial charge in [0, 0.05) is 39.6 Å². The molecule has 0 saturated heterocycles. The Kier molecular flexibility index (Phi) is 11.8. The van der Waals surface area contributed by atoms with Gasteiger partial charge < -0.3 is 10.2 Å². The van der Waals surface area contributed by atoms with E-state index in [0.29, 0.717) is 26.2 Å². The first-order valence-corrected chi connectivity index (χ1v) is 17.3. The molecule has 242 valence electrons. The fraction of sp³-hybridized carbons (Fsp3) is 0.257. The Labute approximate surface area is 286 Å². The van der Waals surface area contributed by atoms with Crippen molar-refractivity contribution in [1.82, 2.24) is 10.2 Å². The third kappa shape index (κ3) is 8.42. The summed E-state index contributed by atoms with van der Waals surface area (Å²) in [4.78, 5) is 29.8. The molecule has 0 aromatic heterocycles. The van der Waals surface area contributed by atoms with Gasteiger partial charge in [-0.3, -0.25) is 13.9 Å². The van der Waals surface area contributed by atoms with Crippen LogP contribution >= 0.6 is 34.8 Å². The van der Waals surface area contributed by atoms with E-state index in [-0.39, 0.29) is 29.6 Å². The molecule has 0 aliphatic rings. The summed E-state index contributed by atoms with van der Waals surface area (Å²) in [6.07, 6.45) is 0.161. The summed E-state index contributed by atoms with van der Waals surface area (Å²) in [7, 11) is -4.28. The first kappa shape index (κ1) is 35.3. The minimum absolute atomic E-state index is 0.00404. The van der Waals surface area contributed by atoms with E-state index in [1.54, 1.807) is 55.5 Å². The number of aryl methyl sites for hydroxylation is 1. The number of hydrogen-bond donors (Lipinski definition) is 1. The van der Waals surface area contributed by atoms with Gasteiger partial charge in [-0.15, -0.1) is 0 Å². The fourth-order valence-electron chi connectivity index (χ4n) is 5.01. The number of halogens is 3. The average molecular weight is 701 g/mol. The van der Waals surface area contributed by atoms with Crippen molar-refractivity contribution >= 4 is 62.3 Å². The highest BCUT2D eigenvalue weighted by Crippen LogP contribution is 2.32. The molecule has 1 N–H and O–H groups in total. The molecule has 0 radical (unpaired) electrons. The highest BCUT2D eigenvalue weighted by molar-refractivity contribution is 7.92. The third-order valence-corrected chi connectivity index (χ3v) is 10.4. The van der Waals surface area contributed by atoms with E-state index in [9.17, 15) is 18.0 Å². The van der Waals surface area contributed by atoms with Crippen molar-refractivity contribution in [2.75, 3.05) is 10.8 Å². The van der Waals surface area contributed by atoms with Crippen molar-refractivity contribution in [3.63, 3.8) is 0 Å². The van der Waals surface area contributed by atoms with Gasteiger partial charge in [-0.2, -0.15) is 0 Å². The second-order valence-corrected chi connectivity index (χ2v) is 14.4. The van der Waals surface area contributed by atoms with E-state index in [1.165, 1.54) is 17.0 Å². The minimum Gasteiger partial charge on any atom is -0.352 e. The van der Waals surface area contributed by atoms with Crippen LogP contribution in [0.2, 0.25) is 15.1 Å². The number of carbonyl (C=O) groups is 2. The summed E-state index contributed by atoms with van der Waals surface area (Å²) in [5.41, 5.74) is 2.84. The summed E-state index contributed by atoms with van der Waals surface area (Å²) in [6, 6.07) is 24.3. The molecular formula is C35H36Cl3N3O4S. The van der Waals surface area contributed by atoms with Crippen LogP contribution in [0.5, 0.6) is 0 Å². The van der Waals surface area contributed by atoms with Crippen molar-refractivity contribution in [2.45, 2.75) is 57.6 Å². The van der Waals surface area contributed by atoms with E-state index < -0.39 is 34.4 Å². The number of amides is 2. The summed E-state index contributed by atoms with van der Waals surface area (Å²) < 4.78 is 29.6. The molecule has 0 unspecified atom stereocenters. The standard InChI is InChI=1S/C35H36Cl3N3O4S/c1-23(2)39-35(43)33(20-26-10-6-5-7-11-26)40(21-28-30(37)13-8-14-31(28)38)34(42)22-41(32-15-9-12-29(36)25(32)4)46(44,45)27-18-16-24(3)17-19-27/h5-19,23,33H,20-22H2,1-4H3,(H,39,43)/t33-/m1/s1. The van der Waals surface area contributed by atoms with Gasteiger partial charge in [0.05, 0.1) is 10.6 Å². The molecule has 4 aromatic carbocycles. The fourth-order valence-corrected chi connectivity index (χ4v) is 7.16. The van der Waals surface area contributed by atoms with E-state index in [4.69, 9.17) is 34.8 Å². The molecule has 4 aromatic rings. The number of nitrogens with one attached hydrogen (secondary N) is 1. The highest BCUT2D eigenvalue weighted by Gasteiger charge is 2.36. The maximum absolute atomic E-state index is 14.6. The largest absolute Gasteiger partial charge is 0.352 e. The lowest BCUT2D eigenvalue weighted by molar-refractivity contribution is -0.140. The molecule has 0 fully saturated rings. The quantitative estimate of drug-likeness (QED) is 0.165. The molecule has 0 heterocycles. The lowest BCUT2D eigenvalue weighted by Crippen LogP contribution is -2.54. The number of benzene rings is 4. The SMILES string of the molecule is Cc1ccc(S(=O)(=O)N(CC(=O)N(Cc2c(Cl)cccc2Cl)[C@H](Cc2ccccc2)C(=O)NC(C)C)c2cccc(Cl)c2C)cc1. The molecule has 2 amide bonds. The van der Waals surface area contributed by atoms with Crippen LogP contribution in [0.15, 0.2) is 95.9 Å². The van der Waals surface area contributed by atoms with Crippen molar-refractivity contribution in [3.8, 4) is 0 Å². The zero-order valence-corrected chi connectivity index (χ0v) is 29.1. The monoisotopic (exact) mass is 699 g/mol. The van der Waals surface area contributed by atoms with Gasteiger partial charge in [-0.25, -0.2) is 8.42 Å². The molecule has 1 atom stereocenters. The zero-order chi connectivity index (χ0) is 33.6. The van der Waals surface area contributed by atoms with Crippen LogP contribution < -0.4 is 9.62 Å². The van der Waals surface area contributed by atoms with E-state index in [0.717, 1.165) is 15.4 Å². The Morgan fingerprint density at radius 1 is 0.783 bits per heavy atom. The maximum atomic E-state index is 14.6. The van der Waals surface area contributed by atoms with Crippen LogP contribution in [0.4, 0.5) is 5.69 Å². The van der Waals surface area contributed by atoms with Gasteiger partial charge in [0.15, 0.2) is 0 Å². The normalized spacial score (nSPS) is 12.1. The first-order chi connectivity index (χ1) is 21.8. The van der Waals surface area contributed by atoms with Gasteiger partial charge in [0.1, 0.15) is 12.6 Å². The topological polar surface area (TPSA) is 86.8 Å². The summed E-state index contributed by atoms with van der Waals surface area (Å²) in [6.45, 7) is 6.42. The van der Waals surface area contributed by atoms with Gasteiger partial charge in [-0.1, -0.05) is 95.0 Å². The summed E-state index contributed by atoms with van der Waals surface area (Å²) in [5, 5.41) is 3.88. The van der Waals surface area contributed by atoms with E-state index in [2.05, 4.69) is 5.32 Å². The lowest BCUT2D eigenvalue weighted by atomic mass is 10.0. The molecule has 7 nitrogen and oxygen atoms in total. The van der Waals surface area contributed by atoms with Gasteiger partial charge in [0.2, 0.25) is 11.8 Å². The molecule has 0 aliphatic heterocycles. The Bertz CT molecular complexity index is 1780. The minimum atomic E-state index is -4.28. The average Bonchev–Trinajstić information content (AvgIpc) is 3.00. The zero-order valence-electron chi connectivity index (χ0n) is 26.0. The molecule has 0 saturated carbocycles. The van der Waals surface area contributed by atoms with Crippen molar-refractivity contribution < 1.29 is 18.0 Å². The smallest absolute Gasteiger partial charge is 0.264 e. The van der Waals surface area contributed by atoms with Crippen LogP contribution in [-0.4, -0.2) is 43.8 Å². The van der Waals surface area contributed by atoms with Crippen molar-refractivity contribution in [2.24, 2.45) is 0 Å². The van der Waals surface area contributed by atoms with Crippen LogP contribution in [0.1, 0.15) is 36.1 Å². The predicted octanol–water partition coefficient (Wildman–Crippen LogP) is 7.62. The molecule has 0 aliphatic carbocycles. The first-order valence-electron chi connectivity index (χ1n) is 14.7. The Hall–Kier alpha value is -3.56. The van der Waals surface area contributed by atoms with Gasteiger partial charge in [-0.05, 0) is 75.2 Å².